The maximum atomic E-state index is 14.6. The van der Waals surface area contributed by atoms with Gasteiger partial charge in [0.15, 0.2) is 0 Å². The van der Waals surface area contributed by atoms with Crippen LogP contribution in [0.1, 0.15) is 24.5 Å². The summed E-state index contributed by atoms with van der Waals surface area (Å²) in [5.74, 6) is -1.04. The molecule has 2 saturated heterocycles. The largest absolute Gasteiger partial charge is 0.494 e. The summed E-state index contributed by atoms with van der Waals surface area (Å²) in [6.45, 7) is 7.41. The molecule has 4 heterocycles. The number of amides is 3. The second-order valence-corrected chi connectivity index (χ2v) is 12.9. The van der Waals surface area contributed by atoms with Crippen LogP contribution in [0, 0.1) is 25.7 Å². The summed E-state index contributed by atoms with van der Waals surface area (Å²) >= 11 is 1.57. The third kappa shape index (κ3) is 4.54. The van der Waals surface area contributed by atoms with E-state index < -0.39 is 22.6 Å². The maximum Gasteiger partial charge on any atom is 0.251 e. The smallest absolute Gasteiger partial charge is 0.251 e. The van der Waals surface area contributed by atoms with Crippen molar-refractivity contribution >= 4 is 40.9 Å². The molecule has 2 aromatic rings. The molecule has 9 heteroatoms. The Labute approximate surface area is 251 Å². The minimum absolute atomic E-state index is 0.0920. The molecule has 4 aliphatic rings. The number of hydrogen-bond acceptors (Lipinski definition) is 6. The lowest BCUT2D eigenvalue weighted by atomic mass is 9.78. The van der Waals surface area contributed by atoms with Crippen LogP contribution in [0.2, 0.25) is 0 Å². The predicted octanol–water partition coefficient (Wildman–Crippen LogP) is 3.89. The van der Waals surface area contributed by atoms with Crippen molar-refractivity contribution in [2.75, 3.05) is 42.6 Å². The van der Waals surface area contributed by atoms with Gasteiger partial charge in [0.25, 0.3) is 5.91 Å². The van der Waals surface area contributed by atoms with Gasteiger partial charge in [-0.3, -0.25) is 14.4 Å². The predicted molar refractivity (Wildman–Crippen MR) is 165 cm³/mol. The van der Waals surface area contributed by atoms with Crippen molar-refractivity contribution in [3.8, 4) is 5.75 Å². The van der Waals surface area contributed by atoms with Gasteiger partial charge in [-0.2, -0.15) is 0 Å². The van der Waals surface area contributed by atoms with Gasteiger partial charge in [-0.25, -0.2) is 0 Å². The number of carbonyl (C=O) groups is 3. The number of ether oxygens (including phenoxy) is 1. The fraction of sp³-hybridized carbons (Fsp3) is 0.424. The van der Waals surface area contributed by atoms with Gasteiger partial charge in [0.05, 0.1) is 23.2 Å². The quantitative estimate of drug-likeness (QED) is 0.495. The molecule has 1 N–H and O–H groups in total. The number of aliphatic hydroxyl groups excluding tert-OH is 1. The number of benzene rings is 2. The minimum Gasteiger partial charge on any atom is -0.494 e. The number of nitrogens with zero attached hydrogens (tertiary/aromatic N) is 3. The molecular formula is C33H37N3O5S. The van der Waals surface area contributed by atoms with E-state index in [4.69, 9.17) is 4.74 Å². The Hall–Kier alpha value is -3.56. The highest BCUT2D eigenvalue weighted by Gasteiger charge is 2.71. The number of anilines is 2. The molecular weight excluding hydrogens is 550 g/mol. The Kier molecular flexibility index (Phi) is 7.66. The Bertz CT molecular complexity index is 1460. The Morgan fingerprint density at radius 2 is 1.74 bits per heavy atom. The molecule has 2 aromatic carbocycles. The fourth-order valence-corrected chi connectivity index (χ4v) is 8.97. The summed E-state index contributed by atoms with van der Waals surface area (Å²) in [5.41, 5.74) is 3.60. The van der Waals surface area contributed by atoms with Gasteiger partial charge in [0.2, 0.25) is 11.8 Å². The maximum absolute atomic E-state index is 14.6. The topological polar surface area (TPSA) is 90.4 Å². The first-order chi connectivity index (χ1) is 20.3. The van der Waals surface area contributed by atoms with Gasteiger partial charge < -0.3 is 24.5 Å². The van der Waals surface area contributed by atoms with E-state index in [0.29, 0.717) is 26.1 Å². The summed E-state index contributed by atoms with van der Waals surface area (Å²) in [7, 11) is 0. The first kappa shape index (κ1) is 28.6. The van der Waals surface area contributed by atoms with Gasteiger partial charge in [0, 0.05) is 42.9 Å². The molecule has 1 unspecified atom stereocenters. The van der Waals surface area contributed by atoms with Gasteiger partial charge in [-0.05, 0) is 68.7 Å². The number of likely N-dealkylation sites (tertiary alicyclic amines) is 1. The monoisotopic (exact) mass is 587 g/mol. The molecule has 42 heavy (non-hydrogen) atoms. The summed E-state index contributed by atoms with van der Waals surface area (Å²) in [6.07, 6.45) is 8.42. The van der Waals surface area contributed by atoms with Crippen LogP contribution in [0.25, 0.3) is 0 Å². The number of aliphatic hydroxyl groups is 1. The van der Waals surface area contributed by atoms with Crippen LogP contribution in [0.5, 0.6) is 5.75 Å². The number of rotatable bonds is 7. The minimum atomic E-state index is -0.896. The molecule has 220 valence electrons. The lowest BCUT2D eigenvalue weighted by Crippen LogP contribution is -2.53. The molecule has 3 amide bonds. The van der Waals surface area contributed by atoms with Crippen molar-refractivity contribution < 1.29 is 24.2 Å². The third-order valence-electron chi connectivity index (χ3n) is 8.83. The second-order valence-electron chi connectivity index (χ2n) is 11.4. The van der Waals surface area contributed by atoms with Crippen molar-refractivity contribution in [2.24, 2.45) is 11.8 Å². The Morgan fingerprint density at radius 1 is 0.976 bits per heavy atom. The summed E-state index contributed by atoms with van der Waals surface area (Å²) in [4.78, 5) is 48.4. The third-order valence-corrected chi connectivity index (χ3v) is 10.6. The van der Waals surface area contributed by atoms with Crippen LogP contribution in [0.3, 0.4) is 0 Å². The van der Waals surface area contributed by atoms with Crippen LogP contribution < -0.4 is 14.5 Å². The molecule has 0 saturated carbocycles. The van der Waals surface area contributed by atoms with E-state index >= 15 is 0 Å². The Balaban J connectivity index is 1.40. The second kappa shape index (κ2) is 11.3. The van der Waals surface area contributed by atoms with Crippen molar-refractivity contribution in [2.45, 2.75) is 43.2 Å². The number of carbonyl (C=O) groups excluding carboxylic acids is 3. The van der Waals surface area contributed by atoms with E-state index in [1.54, 1.807) is 26.5 Å². The molecule has 0 radical (unpaired) electrons. The fourth-order valence-electron chi connectivity index (χ4n) is 6.97. The van der Waals surface area contributed by atoms with Gasteiger partial charge in [-0.15, -0.1) is 11.8 Å². The number of fused-ring (bicyclic) bond motifs is 2. The molecule has 0 aromatic heterocycles. The van der Waals surface area contributed by atoms with E-state index in [0.717, 1.165) is 28.3 Å². The summed E-state index contributed by atoms with van der Waals surface area (Å²) in [5, 5.41) is 9.43. The zero-order valence-corrected chi connectivity index (χ0v) is 25.0. The van der Waals surface area contributed by atoms with E-state index in [2.05, 4.69) is 0 Å². The zero-order valence-electron chi connectivity index (χ0n) is 24.2. The molecule has 8 nitrogen and oxygen atoms in total. The first-order valence-corrected chi connectivity index (χ1v) is 15.5. The number of hydrogen-bond donors (Lipinski definition) is 1. The Morgan fingerprint density at radius 3 is 2.48 bits per heavy atom. The lowest BCUT2D eigenvalue weighted by molar-refractivity contribution is -0.138. The van der Waals surface area contributed by atoms with Gasteiger partial charge >= 0.3 is 0 Å². The zero-order chi connectivity index (χ0) is 29.6. The molecule has 4 aliphatic heterocycles. The first-order valence-electron chi connectivity index (χ1n) is 14.7. The van der Waals surface area contributed by atoms with Crippen LogP contribution in [-0.4, -0.2) is 76.6 Å². The van der Waals surface area contributed by atoms with Gasteiger partial charge in [0.1, 0.15) is 11.8 Å². The van der Waals surface area contributed by atoms with Crippen LogP contribution in [0.15, 0.2) is 66.8 Å². The molecule has 1 spiro atoms. The van der Waals surface area contributed by atoms with E-state index in [1.165, 1.54) is 0 Å². The molecule has 2 fully saturated rings. The van der Waals surface area contributed by atoms with Gasteiger partial charge in [-0.1, -0.05) is 36.4 Å². The van der Waals surface area contributed by atoms with Crippen molar-refractivity contribution in [3.05, 3.63) is 77.9 Å². The highest BCUT2D eigenvalue weighted by atomic mass is 32.2. The molecule has 0 bridgehead atoms. The summed E-state index contributed by atoms with van der Waals surface area (Å²) < 4.78 is 4.69. The number of thioether (sulfide) groups is 1. The lowest BCUT2D eigenvalue weighted by Gasteiger charge is -2.35. The van der Waals surface area contributed by atoms with Crippen molar-refractivity contribution in [1.29, 1.82) is 0 Å². The highest BCUT2D eigenvalue weighted by molar-refractivity contribution is 8.02. The van der Waals surface area contributed by atoms with E-state index in [-0.39, 0.29) is 36.1 Å². The standard InChI is InChI=1S/C33H37N3O5S/c1-4-41-24-13-11-23(12-14-24)34-16-5-8-26-27(30(34)38)28-31(39)36(18-7-19-37)29-32(40)35(17-6-15-33(28,29)42-26)25-20-21(2)9-10-22(25)3/h5-6,8-15,20,26-29,37H,4,7,16-19H2,1-3H3/t26-,27+,28+,29?,33+/m1/s1. The van der Waals surface area contributed by atoms with Crippen molar-refractivity contribution in [3.63, 3.8) is 0 Å². The SMILES string of the molecule is CCOc1ccc(N2CC=C[C@H]3S[C@]45C=CCN(c6cc(C)ccc6C)C(=O)C4N(CCCO)C(=O)[C@@H]5[C@H]3C2=O)cc1. The number of aryl methyl sites for hydroxylation is 2. The molecule has 0 aliphatic carbocycles. The normalized spacial score (nSPS) is 28.5. The van der Waals surface area contributed by atoms with E-state index in [1.807, 2.05) is 87.5 Å². The highest BCUT2D eigenvalue weighted by Crippen LogP contribution is 2.61. The van der Waals surface area contributed by atoms with Crippen LogP contribution >= 0.6 is 11.8 Å². The average Bonchev–Trinajstić information content (AvgIpc) is 3.29. The molecule has 6 rings (SSSR count). The summed E-state index contributed by atoms with van der Waals surface area (Å²) in [6, 6.07) is 12.7. The van der Waals surface area contributed by atoms with Crippen LogP contribution in [-0.2, 0) is 14.4 Å². The molecule has 5 atom stereocenters. The van der Waals surface area contributed by atoms with Crippen molar-refractivity contribution in [1.82, 2.24) is 4.90 Å². The van der Waals surface area contributed by atoms with Crippen LogP contribution in [0.4, 0.5) is 11.4 Å². The average molecular weight is 588 g/mol. The van der Waals surface area contributed by atoms with E-state index in [9.17, 15) is 19.5 Å².